The Hall–Kier alpha value is -1.60. The maximum Gasteiger partial charge on any atom is 0.250 e. The van der Waals surface area contributed by atoms with Crippen molar-refractivity contribution in [3.05, 3.63) is 24.3 Å². The lowest BCUT2D eigenvalue weighted by Gasteiger charge is -2.43. The van der Waals surface area contributed by atoms with Crippen molar-refractivity contribution in [3.8, 4) is 0 Å². The van der Waals surface area contributed by atoms with Crippen LogP contribution >= 0.6 is 24.0 Å². The maximum absolute atomic E-state index is 13.2. The van der Waals surface area contributed by atoms with E-state index in [9.17, 15) is 9.59 Å². The van der Waals surface area contributed by atoms with E-state index in [1.807, 2.05) is 31.2 Å². The number of thiocarbonyl (C=S) groups is 1. The average Bonchev–Trinajstić information content (AvgIpc) is 3.10. The number of thioether (sulfide) groups is 1. The van der Waals surface area contributed by atoms with Crippen LogP contribution in [0.1, 0.15) is 33.6 Å². The molecule has 2 amide bonds. The van der Waals surface area contributed by atoms with Crippen LogP contribution in [0.25, 0.3) is 0 Å². The highest BCUT2D eigenvalue weighted by Gasteiger charge is 2.45. The van der Waals surface area contributed by atoms with E-state index < -0.39 is 5.54 Å². The standard InChI is InChI=1S/C18H23N3O2S2/c1-12(25-17(24)20-10-6-7-11-20)15(22)21-14-9-5-4-8-13(14)19-16(23)18(21,2)3/h4-5,8-9,12H,6-7,10-11H2,1-3H3,(H,19,23)/t12-/m0/s1. The van der Waals surface area contributed by atoms with E-state index in [-0.39, 0.29) is 17.1 Å². The van der Waals surface area contributed by atoms with Crippen LogP contribution in [0.15, 0.2) is 24.3 Å². The number of hydrogen-bond donors (Lipinski definition) is 1. The molecule has 0 unspecified atom stereocenters. The van der Waals surface area contributed by atoms with E-state index >= 15 is 0 Å². The highest BCUT2D eigenvalue weighted by Crippen LogP contribution is 2.38. The highest BCUT2D eigenvalue weighted by molar-refractivity contribution is 8.23. The summed E-state index contributed by atoms with van der Waals surface area (Å²) in [5.74, 6) is -0.280. The van der Waals surface area contributed by atoms with Crippen LogP contribution in [0.3, 0.4) is 0 Å². The van der Waals surface area contributed by atoms with E-state index in [0.717, 1.165) is 35.9 Å². The number of nitrogens with zero attached hydrogens (tertiary/aromatic N) is 2. The van der Waals surface area contributed by atoms with Crippen molar-refractivity contribution in [2.45, 2.75) is 44.4 Å². The number of para-hydroxylation sites is 2. The van der Waals surface area contributed by atoms with Gasteiger partial charge in [-0.05, 0) is 45.7 Å². The quantitative estimate of drug-likeness (QED) is 0.802. The minimum Gasteiger partial charge on any atom is -0.358 e. The van der Waals surface area contributed by atoms with Crippen molar-refractivity contribution in [2.24, 2.45) is 0 Å². The summed E-state index contributed by atoms with van der Waals surface area (Å²) < 4.78 is 0.769. The Balaban J connectivity index is 1.84. The van der Waals surface area contributed by atoms with Gasteiger partial charge in [-0.3, -0.25) is 14.5 Å². The van der Waals surface area contributed by atoms with Gasteiger partial charge in [0, 0.05) is 13.1 Å². The summed E-state index contributed by atoms with van der Waals surface area (Å²) in [4.78, 5) is 29.5. The Kier molecular flexibility index (Phi) is 5.06. The van der Waals surface area contributed by atoms with Crippen molar-refractivity contribution in [2.75, 3.05) is 23.3 Å². The van der Waals surface area contributed by atoms with Gasteiger partial charge in [0.05, 0.1) is 16.6 Å². The molecule has 2 aliphatic rings. The largest absolute Gasteiger partial charge is 0.358 e. The zero-order valence-electron chi connectivity index (χ0n) is 14.7. The van der Waals surface area contributed by atoms with Crippen LogP contribution in [-0.2, 0) is 9.59 Å². The topological polar surface area (TPSA) is 52.7 Å². The lowest BCUT2D eigenvalue weighted by atomic mass is 9.96. The molecule has 5 nitrogen and oxygen atoms in total. The van der Waals surface area contributed by atoms with E-state index in [1.54, 1.807) is 18.7 Å². The second-order valence-electron chi connectivity index (χ2n) is 6.92. The van der Waals surface area contributed by atoms with Crippen LogP contribution in [-0.4, -0.2) is 44.9 Å². The summed E-state index contributed by atoms with van der Waals surface area (Å²) in [6.45, 7) is 7.33. The van der Waals surface area contributed by atoms with Crippen molar-refractivity contribution >= 4 is 51.5 Å². The summed E-state index contributed by atoms with van der Waals surface area (Å²) in [6.07, 6.45) is 2.30. The molecule has 1 aromatic rings. The zero-order chi connectivity index (χ0) is 18.2. The van der Waals surface area contributed by atoms with Crippen molar-refractivity contribution in [3.63, 3.8) is 0 Å². The van der Waals surface area contributed by atoms with Crippen molar-refractivity contribution in [1.82, 2.24) is 4.90 Å². The number of carbonyl (C=O) groups excluding carboxylic acids is 2. The fourth-order valence-corrected chi connectivity index (χ4v) is 4.66. The first kappa shape index (κ1) is 18.2. The van der Waals surface area contributed by atoms with Gasteiger partial charge in [-0.2, -0.15) is 0 Å². The third kappa shape index (κ3) is 3.40. The molecule has 1 atom stereocenters. The molecule has 1 fully saturated rings. The number of carbonyl (C=O) groups is 2. The van der Waals surface area contributed by atoms with Crippen molar-refractivity contribution in [1.29, 1.82) is 0 Å². The molecule has 0 aromatic heterocycles. The first-order chi connectivity index (χ1) is 11.8. The molecule has 1 N–H and O–H groups in total. The maximum atomic E-state index is 13.2. The summed E-state index contributed by atoms with van der Waals surface area (Å²) in [5.41, 5.74) is 0.450. The van der Waals surface area contributed by atoms with E-state index in [2.05, 4.69) is 10.2 Å². The normalized spacial score (nSPS) is 20.0. The Morgan fingerprint density at radius 3 is 2.60 bits per heavy atom. The third-order valence-corrected chi connectivity index (χ3v) is 6.28. The predicted octanol–water partition coefficient (Wildman–Crippen LogP) is 3.25. The molecule has 7 heteroatoms. The van der Waals surface area contributed by atoms with E-state index in [4.69, 9.17) is 12.2 Å². The van der Waals surface area contributed by atoms with Gasteiger partial charge in [0.15, 0.2) is 0 Å². The van der Waals surface area contributed by atoms with E-state index in [0.29, 0.717) is 5.69 Å². The zero-order valence-corrected chi connectivity index (χ0v) is 16.4. The first-order valence-corrected chi connectivity index (χ1v) is 9.81. The summed E-state index contributed by atoms with van der Waals surface area (Å²) in [7, 11) is 0. The summed E-state index contributed by atoms with van der Waals surface area (Å²) in [6, 6.07) is 7.40. The smallest absolute Gasteiger partial charge is 0.250 e. The van der Waals surface area contributed by atoms with Gasteiger partial charge >= 0.3 is 0 Å². The number of nitrogens with one attached hydrogen (secondary N) is 1. The third-order valence-electron chi connectivity index (χ3n) is 4.72. The van der Waals surface area contributed by atoms with Crippen LogP contribution < -0.4 is 10.2 Å². The first-order valence-electron chi connectivity index (χ1n) is 8.52. The molecule has 3 rings (SSSR count). The number of anilines is 2. The van der Waals surface area contributed by atoms with Gasteiger partial charge in [0.1, 0.15) is 9.86 Å². The van der Waals surface area contributed by atoms with Gasteiger partial charge in [-0.25, -0.2) is 0 Å². The predicted molar refractivity (Wildman–Crippen MR) is 107 cm³/mol. The molecular weight excluding hydrogens is 354 g/mol. The molecule has 0 bridgehead atoms. The molecule has 2 heterocycles. The van der Waals surface area contributed by atoms with Gasteiger partial charge in [-0.1, -0.05) is 36.1 Å². The molecule has 0 radical (unpaired) electrons. The van der Waals surface area contributed by atoms with Crippen LogP contribution in [0.5, 0.6) is 0 Å². The molecule has 0 aliphatic carbocycles. The van der Waals surface area contributed by atoms with Crippen LogP contribution in [0, 0.1) is 0 Å². The minimum absolute atomic E-state index is 0.0983. The van der Waals surface area contributed by atoms with Crippen molar-refractivity contribution < 1.29 is 9.59 Å². The van der Waals surface area contributed by atoms with E-state index in [1.165, 1.54) is 11.8 Å². The van der Waals surface area contributed by atoms with Crippen LogP contribution in [0.2, 0.25) is 0 Å². The fourth-order valence-electron chi connectivity index (χ4n) is 3.20. The fraction of sp³-hybridized carbons (Fsp3) is 0.500. The summed E-state index contributed by atoms with van der Waals surface area (Å²) in [5, 5.41) is 2.53. The highest BCUT2D eigenvalue weighted by atomic mass is 32.2. The molecule has 1 saturated heterocycles. The number of benzene rings is 1. The molecule has 1 aromatic carbocycles. The van der Waals surface area contributed by atoms with Gasteiger partial charge in [0.2, 0.25) is 11.8 Å². The van der Waals surface area contributed by atoms with Crippen LogP contribution in [0.4, 0.5) is 11.4 Å². The Labute approximate surface area is 158 Å². The number of amides is 2. The average molecular weight is 378 g/mol. The van der Waals surface area contributed by atoms with Gasteiger partial charge < -0.3 is 10.2 Å². The number of fused-ring (bicyclic) bond motifs is 1. The molecule has 134 valence electrons. The Morgan fingerprint density at radius 1 is 1.28 bits per heavy atom. The van der Waals surface area contributed by atoms with Gasteiger partial charge in [-0.15, -0.1) is 0 Å². The Bertz CT molecular complexity index is 714. The summed E-state index contributed by atoms with van der Waals surface area (Å²) >= 11 is 6.92. The molecular formula is C18H23N3O2S2. The lowest BCUT2D eigenvalue weighted by molar-refractivity contribution is -0.126. The molecule has 0 spiro atoms. The molecule has 0 saturated carbocycles. The lowest BCUT2D eigenvalue weighted by Crippen LogP contribution is -2.60. The number of likely N-dealkylation sites (tertiary alicyclic amines) is 1. The molecule has 2 aliphatic heterocycles. The molecule has 25 heavy (non-hydrogen) atoms. The Morgan fingerprint density at radius 2 is 1.92 bits per heavy atom. The minimum atomic E-state index is -0.949. The second kappa shape index (κ2) is 6.96. The SMILES string of the molecule is C[C@H](SC(=S)N1CCCC1)C(=O)N1c2ccccc2NC(=O)C1(C)C. The number of hydrogen-bond acceptors (Lipinski definition) is 4. The number of rotatable bonds is 2. The monoisotopic (exact) mass is 377 g/mol. The second-order valence-corrected chi connectivity index (χ2v) is 8.90. The van der Waals surface area contributed by atoms with Gasteiger partial charge in [0.25, 0.3) is 0 Å².